The van der Waals surface area contributed by atoms with Gasteiger partial charge < -0.3 is 15.4 Å². The third-order valence-corrected chi connectivity index (χ3v) is 6.14. The molecule has 7 nitrogen and oxygen atoms in total. The second-order valence-electron chi connectivity index (χ2n) is 7.20. The van der Waals surface area contributed by atoms with Gasteiger partial charge in [-0.3, -0.25) is 4.79 Å². The van der Waals surface area contributed by atoms with Crippen molar-refractivity contribution in [3.05, 3.63) is 59.5 Å². The van der Waals surface area contributed by atoms with Crippen molar-refractivity contribution in [3.63, 3.8) is 0 Å². The fourth-order valence-electron chi connectivity index (χ4n) is 3.03. The first-order valence-corrected chi connectivity index (χ1v) is 10.7. The maximum atomic E-state index is 11.3. The Hall–Kier alpha value is -3.05. The number of primary amides is 1. The van der Waals surface area contributed by atoms with E-state index in [4.69, 9.17) is 27.2 Å². The summed E-state index contributed by atoms with van der Waals surface area (Å²) in [5, 5.41) is 9.61. The number of halogens is 4. The van der Waals surface area contributed by atoms with E-state index in [2.05, 4.69) is 22.1 Å². The molecule has 1 saturated carbocycles. The summed E-state index contributed by atoms with van der Waals surface area (Å²) in [7, 11) is 1.96. The van der Waals surface area contributed by atoms with Crippen molar-refractivity contribution in [1.29, 1.82) is 0 Å². The average molecular weight is 499 g/mol. The standard InChI is InChI=1S/C19H17ClN4OS.C2HF3O2/c1-24-10-23-17(19(24)26-16-7-6-13(20)9-22-16)12-4-2-11(3-5-12)14-8-15(14)18(21)25;3-2(4,5)1(6)7/h2-7,9-10,14-15H,8H2,1H3,(H2,21,25);(H,6,7). The van der Waals surface area contributed by atoms with Gasteiger partial charge in [-0.05, 0) is 41.8 Å². The van der Waals surface area contributed by atoms with Crippen LogP contribution >= 0.6 is 23.4 Å². The first-order chi connectivity index (χ1) is 15.5. The van der Waals surface area contributed by atoms with Crippen LogP contribution in [-0.4, -0.2) is 37.7 Å². The van der Waals surface area contributed by atoms with Crippen molar-refractivity contribution >= 4 is 35.2 Å². The summed E-state index contributed by atoms with van der Waals surface area (Å²) < 4.78 is 33.7. The smallest absolute Gasteiger partial charge is 0.475 e. The zero-order chi connectivity index (χ0) is 24.3. The third-order valence-electron chi connectivity index (χ3n) is 4.80. The van der Waals surface area contributed by atoms with E-state index in [0.29, 0.717) is 5.02 Å². The second kappa shape index (κ2) is 9.84. The van der Waals surface area contributed by atoms with E-state index in [-0.39, 0.29) is 17.7 Å². The molecular weight excluding hydrogens is 481 g/mol. The molecule has 0 bridgehead atoms. The van der Waals surface area contributed by atoms with E-state index in [1.54, 1.807) is 24.3 Å². The second-order valence-corrected chi connectivity index (χ2v) is 8.65. The van der Waals surface area contributed by atoms with Crippen LogP contribution in [0.4, 0.5) is 13.2 Å². The number of carbonyl (C=O) groups excluding carboxylic acids is 1. The fraction of sp³-hybridized carbons (Fsp3) is 0.238. The predicted octanol–water partition coefficient (Wildman–Crippen LogP) is 4.51. The van der Waals surface area contributed by atoms with Crippen LogP contribution < -0.4 is 5.73 Å². The summed E-state index contributed by atoms with van der Waals surface area (Å²) in [6, 6.07) is 11.9. The van der Waals surface area contributed by atoms with Crippen LogP contribution in [0.2, 0.25) is 5.02 Å². The Morgan fingerprint density at radius 1 is 1.18 bits per heavy atom. The third kappa shape index (κ3) is 6.26. The lowest BCUT2D eigenvalue weighted by molar-refractivity contribution is -0.192. The lowest BCUT2D eigenvalue weighted by Crippen LogP contribution is -2.21. The molecule has 1 fully saturated rings. The normalized spacial score (nSPS) is 17.1. The number of nitrogens with two attached hydrogens (primary N) is 1. The summed E-state index contributed by atoms with van der Waals surface area (Å²) in [6.07, 6.45) is -0.799. The molecule has 2 atom stereocenters. The van der Waals surface area contributed by atoms with Gasteiger partial charge in [-0.1, -0.05) is 35.9 Å². The van der Waals surface area contributed by atoms with Gasteiger partial charge in [0.15, 0.2) is 0 Å². The molecule has 2 heterocycles. The van der Waals surface area contributed by atoms with E-state index in [0.717, 1.165) is 33.3 Å². The molecule has 33 heavy (non-hydrogen) atoms. The Labute approximate surface area is 195 Å². The minimum Gasteiger partial charge on any atom is -0.475 e. The quantitative estimate of drug-likeness (QED) is 0.535. The highest BCUT2D eigenvalue weighted by atomic mass is 35.5. The first-order valence-electron chi connectivity index (χ1n) is 9.48. The Bertz CT molecular complexity index is 1150. The fourth-order valence-corrected chi connectivity index (χ4v) is 4.03. The molecule has 3 N–H and O–H groups in total. The van der Waals surface area contributed by atoms with Gasteiger partial charge in [-0.25, -0.2) is 14.8 Å². The van der Waals surface area contributed by atoms with Crippen molar-refractivity contribution < 1.29 is 27.9 Å². The van der Waals surface area contributed by atoms with Crippen molar-refractivity contribution in [1.82, 2.24) is 14.5 Å². The van der Waals surface area contributed by atoms with Crippen LogP contribution in [0.5, 0.6) is 0 Å². The number of hydrogen-bond acceptors (Lipinski definition) is 5. The van der Waals surface area contributed by atoms with Crippen molar-refractivity contribution in [2.24, 2.45) is 18.7 Å². The van der Waals surface area contributed by atoms with E-state index < -0.39 is 12.1 Å². The summed E-state index contributed by atoms with van der Waals surface area (Å²) in [5.74, 6) is -2.72. The Kier molecular flexibility index (Phi) is 7.33. The van der Waals surface area contributed by atoms with Crippen molar-refractivity contribution in [2.75, 3.05) is 0 Å². The topological polar surface area (TPSA) is 111 Å². The number of rotatable bonds is 5. The number of hydrogen-bond donors (Lipinski definition) is 2. The van der Waals surface area contributed by atoms with Crippen LogP contribution in [0.3, 0.4) is 0 Å². The zero-order valence-corrected chi connectivity index (χ0v) is 18.7. The number of carbonyl (C=O) groups is 2. The number of aryl methyl sites for hydroxylation is 1. The lowest BCUT2D eigenvalue weighted by atomic mass is 10.1. The molecular formula is C21H18ClF3N4O3S. The van der Waals surface area contributed by atoms with E-state index >= 15 is 0 Å². The number of aliphatic carboxylic acids is 1. The van der Waals surface area contributed by atoms with Gasteiger partial charge in [0.05, 0.1) is 11.3 Å². The number of nitrogens with zero attached hydrogens (tertiary/aromatic N) is 3. The molecule has 1 aromatic carbocycles. The Balaban J connectivity index is 0.000000383. The van der Waals surface area contributed by atoms with Gasteiger partial charge in [-0.15, -0.1) is 0 Å². The van der Waals surface area contributed by atoms with Crippen molar-refractivity contribution in [2.45, 2.75) is 28.6 Å². The van der Waals surface area contributed by atoms with E-state index in [1.807, 2.05) is 35.9 Å². The number of carboxylic acids is 1. The maximum Gasteiger partial charge on any atom is 0.490 e. The van der Waals surface area contributed by atoms with Gasteiger partial charge in [0.1, 0.15) is 15.7 Å². The molecule has 0 aliphatic heterocycles. The number of benzene rings is 1. The van der Waals surface area contributed by atoms with Crippen LogP contribution in [-0.2, 0) is 16.6 Å². The van der Waals surface area contributed by atoms with Gasteiger partial charge in [-0.2, -0.15) is 13.2 Å². The van der Waals surface area contributed by atoms with Crippen LogP contribution in [0.15, 0.2) is 59.0 Å². The molecule has 12 heteroatoms. The molecule has 0 radical (unpaired) electrons. The summed E-state index contributed by atoms with van der Waals surface area (Å²) in [4.78, 5) is 29.1. The number of aromatic nitrogens is 3. The van der Waals surface area contributed by atoms with Gasteiger partial charge >= 0.3 is 12.1 Å². The summed E-state index contributed by atoms with van der Waals surface area (Å²) in [6.45, 7) is 0. The SMILES string of the molecule is Cn1cnc(-c2ccc(C3CC3C(N)=O)cc2)c1Sc1ccc(Cl)cn1.O=C(O)C(F)(F)F. The molecule has 0 saturated heterocycles. The number of carboxylic acid groups (broad SMARTS) is 1. The average Bonchev–Trinajstić information content (AvgIpc) is 3.48. The Morgan fingerprint density at radius 2 is 1.82 bits per heavy atom. The maximum absolute atomic E-state index is 11.3. The van der Waals surface area contributed by atoms with Crippen LogP contribution in [0.25, 0.3) is 11.3 Å². The van der Waals surface area contributed by atoms with Crippen LogP contribution in [0.1, 0.15) is 17.9 Å². The number of imidazole rings is 1. The molecule has 2 aromatic heterocycles. The molecule has 3 aromatic rings. The zero-order valence-electron chi connectivity index (χ0n) is 17.1. The molecule has 2 unspecified atom stereocenters. The number of pyridine rings is 1. The summed E-state index contributed by atoms with van der Waals surface area (Å²) in [5.41, 5.74) is 8.47. The minimum absolute atomic E-state index is 0.0159. The number of alkyl halides is 3. The molecule has 0 spiro atoms. The highest BCUT2D eigenvalue weighted by molar-refractivity contribution is 7.99. The first kappa shape index (κ1) is 24.6. The van der Waals surface area contributed by atoms with E-state index in [9.17, 15) is 18.0 Å². The molecule has 1 aliphatic rings. The van der Waals surface area contributed by atoms with Gasteiger partial charge in [0.2, 0.25) is 5.91 Å². The largest absolute Gasteiger partial charge is 0.490 e. The predicted molar refractivity (Wildman–Crippen MR) is 116 cm³/mol. The minimum atomic E-state index is -5.08. The molecule has 4 rings (SSSR count). The Morgan fingerprint density at radius 3 is 2.30 bits per heavy atom. The van der Waals surface area contributed by atoms with E-state index in [1.165, 1.54) is 0 Å². The van der Waals surface area contributed by atoms with Gasteiger partial charge in [0, 0.05) is 24.7 Å². The summed E-state index contributed by atoms with van der Waals surface area (Å²) >= 11 is 7.46. The van der Waals surface area contributed by atoms with Gasteiger partial charge in [0.25, 0.3) is 0 Å². The molecule has 174 valence electrons. The highest BCUT2D eigenvalue weighted by Gasteiger charge is 2.42. The molecule has 1 amide bonds. The lowest BCUT2D eigenvalue weighted by Gasteiger charge is -2.07. The van der Waals surface area contributed by atoms with Crippen molar-refractivity contribution in [3.8, 4) is 11.3 Å². The molecule has 1 aliphatic carbocycles. The van der Waals surface area contributed by atoms with Crippen LogP contribution in [0, 0.1) is 5.92 Å². The monoisotopic (exact) mass is 498 g/mol. The number of amides is 1. The highest BCUT2D eigenvalue weighted by Crippen LogP contribution is 2.47.